The van der Waals surface area contributed by atoms with Crippen LogP contribution in [0.5, 0.6) is 5.75 Å². The van der Waals surface area contributed by atoms with E-state index in [9.17, 15) is 13.2 Å². The molecule has 4 aromatic rings. The van der Waals surface area contributed by atoms with Gasteiger partial charge in [0.05, 0.1) is 24.6 Å². The third-order valence-corrected chi connectivity index (χ3v) is 7.45. The fourth-order valence-electron chi connectivity index (χ4n) is 3.18. The molecule has 0 saturated carbocycles. The Kier molecular flexibility index (Phi) is 6.20. The number of nitrogens with one attached hydrogen (secondary N) is 2. The monoisotopic (exact) mass is 465 g/mol. The van der Waals surface area contributed by atoms with Crippen LogP contribution < -0.4 is 14.9 Å². The summed E-state index contributed by atoms with van der Waals surface area (Å²) >= 11 is 1.09. The van der Waals surface area contributed by atoms with Gasteiger partial charge in [-0.3, -0.25) is 9.52 Å². The van der Waals surface area contributed by atoms with Gasteiger partial charge >= 0.3 is 0 Å². The van der Waals surface area contributed by atoms with Crippen molar-refractivity contribution in [3.63, 3.8) is 0 Å². The number of rotatable bonds is 7. The zero-order valence-corrected chi connectivity index (χ0v) is 18.6. The van der Waals surface area contributed by atoms with Crippen molar-refractivity contribution in [3.8, 4) is 5.75 Å². The third-order valence-electron chi connectivity index (χ3n) is 4.69. The fraction of sp³-hybridized carbons (Fsp3) is 0.0435. The maximum atomic E-state index is 12.8. The lowest BCUT2D eigenvalue weighted by atomic mass is 10.0. The van der Waals surface area contributed by atoms with Gasteiger partial charge in [-0.2, -0.15) is 5.10 Å². The predicted molar refractivity (Wildman–Crippen MR) is 127 cm³/mol. The number of ether oxygens (including phenoxy) is 1. The molecule has 0 bridgehead atoms. The van der Waals surface area contributed by atoms with E-state index in [4.69, 9.17) is 4.74 Å². The summed E-state index contributed by atoms with van der Waals surface area (Å²) in [6.07, 6.45) is 1.51. The summed E-state index contributed by atoms with van der Waals surface area (Å²) in [5.41, 5.74) is 3.50. The van der Waals surface area contributed by atoms with Gasteiger partial charge in [-0.15, -0.1) is 11.3 Å². The minimum atomic E-state index is -3.79. The van der Waals surface area contributed by atoms with Crippen molar-refractivity contribution in [1.29, 1.82) is 0 Å². The van der Waals surface area contributed by atoms with Crippen molar-refractivity contribution in [1.82, 2.24) is 5.43 Å². The number of carbonyl (C=O) groups is 1. The Labute approximate surface area is 189 Å². The summed E-state index contributed by atoms with van der Waals surface area (Å²) in [5, 5.41) is 7.69. The number of hydrogen-bond acceptors (Lipinski definition) is 6. The van der Waals surface area contributed by atoms with Gasteiger partial charge in [0.1, 0.15) is 9.96 Å². The second-order valence-electron chi connectivity index (χ2n) is 6.68. The van der Waals surface area contributed by atoms with Crippen molar-refractivity contribution < 1.29 is 17.9 Å². The quantitative estimate of drug-likeness (QED) is 0.311. The average Bonchev–Trinajstić information content (AvgIpc) is 3.35. The second kappa shape index (κ2) is 9.21. The van der Waals surface area contributed by atoms with E-state index in [1.807, 2.05) is 36.4 Å². The molecule has 0 saturated heterocycles. The van der Waals surface area contributed by atoms with E-state index in [0.29, 0.717) is 5.75 Å². The van der Waals surface area contributed by atoms with Crippen LogP contribution in [-0.4, -0.2) is 27.6 Å². The molecule has 7 nitrogen and oxygen atoms in total. The molecule has 32 heavy (non-hydrogen) atoms. The minimum Gasteiger partial charge on any atom is -0.496 e. The van der Waals surface area contributed by atoms with Crippen molar-refractivity contribution in [3.05, 3.63) is 89.3 Å². The predicted octanol–water partition coefficient (Wildman–Crippen LogP) is 4.47. The number of hydrazone groups is 1. The number of hydrogen-bond donors (Lipinski definition) is 2. The molecule has 0 aliphatic rings. The van der Waals surface area contributed by atoms with Crippen molar-refractivity contribution in [2.45, 2.75) is 4.21 Å². The largest absolute Gasteiger partial charge is 0.496 e. The Balaban J connectivity index is 1.58. The number of para-hydroxylation sites is 1. The maximum absolute atomic E-state index is 12.8. The first-order valence-corrected chi connectivity index (χ1v) is 11.9. The molecule has 1 amide bonds. The average molecular weight is 466 g/mol. The van der Waals surface area contributed by atoms with Gasteiger partial charge in [0.25, 0.3) is 15.9 Å². The van der Waals surface area contributed by atoms with Crippen LogP contribution in [0.1, 0.15) is 15.9 Å². The molecule has 4 rings (SSSR count). The first kappa shape index (κ1) is 21.5. The summed E-state index contributed by atoms with van der Waals surface area (Å²) in [6.45, 7) is 0. The molecule has 0 atom stereocenters. The first-order chi connectivity index (χ1) is 15.5. The highest BCUT2D eigenvalue weighted by atomic mass is 32.2. The summed E-state index contributed by atoms with van der Waals surface area (Å²) in [5.74, 6) is 0.0655. The molecule has 1 heterocycles. The minimum absolute atomic E-state index is 0.148. The topological polar surface area (TPSA) is 96.9 Å². The van der Waals surface area contributed by atoms with Gasteiger partial charge in [-0.25, -0.2) is 13.8 Å². The molecule has 0 aliphatic heterocycles. The Hall–Kier alpha value is -3.69. The van der Waals surface area contributed by atoms with Crippen LogP contribution >= 0.6 is 11.3 Å². The lowest BCUT2D eigenvalue weighted by Gasteiger charge is -2.11. The van der Waals surface area contributed by atoms with E-state index in [-0.39, 0.29) is 15.5 Å². The van der Waals surface area contributed by atoms with E-state index in [1.165, 1.54) is 24.4 Å². The first-order valence-electron chi connectivity index (χ1n) is 9.54. The SMILES string of the molecule is COc1ccc2ccccc2c1/C=N\NC(=O)c1ccccc1NS(=O)(=O)c1cccs1. The van der Waals surface area contributed by atoms with Crippen molar-refractivity contribution >= 4 is 49.9 Å². The molecule has 2 N–H and O–H groups in total. The number of fused-ring (bicyclic) bond motifs is 1. The van der Waals surface area contributed by atoms with Gasteiger partial charge in [0.2, 0.25) is 0 Å². The van der Waals surface area contributed by atoms with E-state index in [0.717, 1.165) is 27.7 Å². The molecule has 162 valence electrons. The highest BCUT2D eigenvalue weighted by Crippen LogP contribution is 2.26. The van der Waals surface area contributed by atoms with E-state index < -0.39 is 15.9 Å². The molecule has 1 aromatic heterocycles. The number of amides is 1. The molecular formula is C23H19N3O4S2. The van der Waals surface area contributed by atoms with E-state index >= 15 is 0 Å². The molecule has 0 unspecified atom stereocenters. The number of benzene rings is 3. The Bertz CT molecular complexity index is 1400. The van der Waals surface area contributed by atoms with Gasteiger partial charge in [-0.05, 0) is 40.4 Å². The van der Waals surface area contributed by atoms with Crippen LogP contribution in [0.4, 0.5) is 5.69 Å². The standard InChI is InChI=1S/C23H19N3O4S2/c1-30-21-13-12-16-7-2-3-8-17(16)19(21)15-24-25-23(27)18-9-4-5-10-20(18)26-32(28,29)22-11-6-14-31-22/h2-15,26H,1H3,(H,25,27)/b24-15-. The van der Waals surface area contributed by atoms with Crippen LogP contribution in [0.25, 0.3) is 10.8 Å². The molecule has 0 spiro atoms. The number of carbonyl (C=O) groups excluding carboxylic acids is 1. The van der Waals surface area contributed by atoms with Crippen molar-refractivity contribution in [2.75, 3.05) is 11.8 Å². The van der Waals surface area contributed by atoms with Crippen LogP contribution in [0, 0.1) is 0 Å². The number of sulfonamides is 1. The van der Waals surface area contributed by atoms with Crippen LogP contribution in [-0.2, 0) is 10.0 Å². The number of anilines is 1. The van der Waals surface area contributed by atoms with Gasteiger partial charge in [-0.1, -0.05) is 48.5 Å². The normalized spacial score (nSPS) is 11.5. The van der Waals surface area contributed by atoms with Gasteiger partial charge in [0, 0.05) is 5.56 Å². The Morgan fingerprint density at radius 1 is 1.00 bits per heavy atom. The Morgan fingerprint density at radius 2 is 1.78 bits per heavy atom. The number of thiophene rings is 1. The molecular weight excluding hydrogens is 446 g/mol. The van der Waals surface area contributed by atoms with Gasteiger partial charge in [0.15, 0.2) is 0 Å². The zero-order chi connectivity index (χ0) is 22.6. The van der Waals surface area contributed by atoms with E-state index in [1.54, 1.807) is 30.7 Å². The third kappa shape index (κ3) is 4.48. The molecule has 9 heteroatoms. The summed E-state index contributed by atoms with van der Waals surface area (Å²) < 4.78 is 33.2. The lowest BCUT2D eigenvalue weighted by molar-refractivity contribution is 0.0956. The van der Waals surface area contributed by atoms with Crippen LogP contribution in [0.2, 0.25) is 0 Å². The second-order valence-corrected chi connectivity index (χ2v) is 9.54. The highest BCUT2D eigenvalue weighted by molar-refractivity contribution is 7.94. The molecule has 0 fully saturated rings. The smallest absolute Gasteiger partial charge is 0.273 e. The number of nitrogens with zero attached hydrogens (tertiary/aromatic N) is 1. The van der Waals surface area contributed by atoms with Crippen LogP contribution in [0.3, 0.4) is 0 Å². The summed E-state index contributed by atoms with van der Waals surface area (Å²) in [7, 11) is -2.22. The summed E-state index contributed by atoms with van der Waals surface area (Å²) in [4.78, 5) is 12.8. The van der Waals surface area contributed by atoms with Crippen LogP contribution in [0.15, 0.2) is 87.5 Å². The lowest BCUT2D eigenvalue weighted by Crippen LogP contribution is -2.21. The fourth-order valence-corrected chi connectivity index (χ4v) is 5.26. The summed E-state index contributed by atoms with van der Waals surface area (Å²) in [6, 6.07) is 21.0. The number of methoxy groups -OCH3 is 1. The highest BCUT2D eigenvalue weighted by Gasteiger charge is 2.19. The van der Waals surface area contributed by atoms with Crippen molar-refractivity contribution in [2.24, 2.45) is 5.10 Å². The van der Waals surface area contributed by atoms with Gasteiger partial charge < -0.3 is 4.74 Å². The molecule has 0 aliphatic carbocycles. The molecule has 0 radical (unpaired) electrons. The maximum Gasteiger partial charge on any atom is 0.273 e. The zero-order valence-electron chi connectivity index (χ0n) is 17.0. The van der Waals surface area contributed by atoms with E-state index in [2.05, 4.69) is 15.2 Å². The Morgan fingerprint density at radius 3 is 2.56 bits per heavy atom. The molecule has 3 aromatic carbocycles.